The van der Waals surface area contributed by atoms with Gasteiger partial charge in [0.15, 0.2) is 6.10 Å². The number of carboxylic acids is 1. The van der Waals surface area contributed by atoms with Gasteiger partial charge in [-0.3, -0.25) is 0 Å². The Kier molecular flexibility index (Phi) is 5.00. The Morgan fingerprint density at radius 3 is 2.50 bits per heavy atom. The molecule has 2 atom stereocenters. The minimum atomic E-state index is -1.75. The van der Waals surface area contributed by atoms with Crippen molar-refractivity contribution in [2.24, 2.45) is 0 Å². The van der Waals surface area contributed by atoms with E-state index in [1.165, 1.54) is 0 Å². The smallest absolute Gasteiger partial charge is 0.335 e. The van der Waals surface area contributed by atoms with Crippen molar-refractivity contribution in [1.82, 2.24) is 0 Å². The molecule has 0 aliphatic rings. The number of nitrogens with zero attached hydrogens (tertiary/aromatic N) is 1. The zero-order valence-corrected chi connectivity index (χ0v) is 6.47. The van der Waals surface area contributed by atoms with E-state index >= 15 is 0 Å². The highest BCUT2D eigenvalue weighted by Crippen LogP contribution is 2.04. The lowest BCUT2D eigenvalue weighted by Gasteiger charge is -2.12. The fourth-order valence-electron chi connectivity index (χ4n) is 0.713. The number of aliphatic carboxylic acids is 1. The molecule has 0 amide bonds. The third-order valence-corrected chi connectivity index (χ3v) is 1.41. The van der Waals surface area contributed by atoms with Crippen LogP contribution in [0.4, 0.5) is 0 Å². The number of aliphatic hydroxyl groups is 2. The second kappa shape index (κ2) is 5.52. The molecule has 0 saturated heterocycles. The third-order valence-electron chi connectivity index (χ3n) is 1.41. The van der Waals surface area contributed by atoms with Crippen LogP contribution in [0.15, 0.2) is 0 Å². The molecule has 1 unspecified atom stereocenters. The van der Waals surface area contributed by atoms with Gasteiger partial charge in [0.1, 0.15) is 0 Å². The van der Waals surface area contributed by atoms with E-state index in [0.29, 0.717) is 6.42 Å². The van der Waals surface area contributed by atoms with Crippen LogP contribution in [0.3, 0.4) is 0 Å². The van der Waals surface area contributed by atoms with Crippen LogP contribution in [-0.4, -0.2) is 33.5 Å². The maximum atomic E-state index is 10.1. The lowest BCUT2D eigenvalue weighted by molar-refractivity contribution is -0.153. The molecule has 0 rings (SSSR count). The molecular formula is C7H11NO4. The van der Waals surface area contributed by atoms with Crippen molar-refractivity contribution in [2.75, 3.05) is 0 Å². The van der Waals surface area contributed by atoms with Crippen LogP contribution < -0.4 is 0 Å². The quantitative estimate of drug-likeness (QED) is 0.486. The van der Waals surface area contributed by atoms with Gasteiger partial charge in [0, 0.05) is 6.42 Å². The standard InChI is InChI=1S/C7H11NO4/c8-4-2-1-3-5(9)6(10)7(11)12/h5-6,9-10H,1-3H2,(H,11,12)/t5-,6?/m1/s1. The van der Waals surface area contributed by atoms with E-state index in [9.17, 15) is 4.79 Å². The first-order valence-corrected chi connectivity index (χ1v) is 3.55. The average molecular weight is 173 g/mol. The molecule has 0 fully saturated rings. The third kappa shape index (κ3) is 3.91. The number of unbranched alkanes of at least 4 members (excludes halogenated alkanes) is 1. The van der Waals surface area contributed by atoms with Gasteiger partial charge >= 0.3 is 5.97 Å². The lowest BCUT2D eigenvalue weighted by atomic mass is 10.1. The summed E-state index contributed by atoms with van der Waals surface area (Å²) >= 11 is 0. The Morgan fingerprint density at radius 1 is 1.50 bits per heavy atom. The minimum Gasteiger partial charge on any atom is -0.479 e. The van der Waals surface area contributed by atoms with Gasteiger partial charge < -0.3 is 15.3 Å². The Balaban J connectivity index is 3.65. The maximum absolute atomic E-state index is 10.1. The molecule has 5 nitrogen and oxygen atoms in total. The van der Waals surface area contributed by atoms with Crippen LogP contribution in [0.1, 0.15) is 19.3 Å². The molecule has 0 saturated carbocycles. The summed E-state index contributed by atoms with van der Waals surface area (Å²) < 4.78 is 0. The van der Waals surface area contributed by atoms with Gasteiger partial charge in [-0.2, -0.15) is 5.26 Å². The fraction of sp³-hybridized carbons (Fsp3) is 0.714. The van der Waals surface area contributed by atoms with Crippen molar-refractivity contribution in [1.29, 1.82) is 5.26 Å². The summed E-state index contributed by atoms with van der Waals surface area (Å²) in [4.78, 5) is 10.1. The lowest BCUT2D eigenvalue weighted by Crippen LogP contribution is -2.33. The molecule has 0 aromatic carbocycles. The van der Waals surface area contributed by atoms with Crippen LogP contribution in [0.2, 0.25) is 0 Å². The van der Waals surface area contributed by atoms with Crippen molar-refractivity contribution < 1.29 is 20.1 Å². The van der Waals surface area contributed by atoms with E-state index in [4.69, 9.17) is 20.6 Å². The van der Waals surface area contributed by atoms with Gasteiger partial charge in [-0.15, -0.1) is 0 Å². The first-order valence-electron chi connectivity index (χ1n) is 3.55. The fourth-order valence-corrected chi connectivity index (χ4v) is 0.713. The van der Waals surface area contributed by atoms with E-state index < -0.39 is 18.2 Å². The summed E-state index contributed by atoms with van der Waals surface area (Å²) in [5.41, 5.74) is 0. The summed E-state index contributed by atoms with van der Waals surface area (Å²) in [6, 6.07) is 1.85. The van der Waals surface area contributed by atoms with E-state index in [1.54, 1.807) is 0 Å². The zero-order valence-electron chi connectivity index (χ0n) is 6.47. The summed E-state index contributed by atoms with van der Waals surface area (Å²) in [5.74, 6) is -1.44. The molecule has 5 heteroatoms. The van der Waals surface area contributed by atoms with E-state index in [2.05, 4.69) is 0 Å². The monoisotopic (exact) mass is 173 g/mol. The summed E-state index contributed by atoms with van der Waals surface area (Å²) in [7, 11) is 0. The van der Waals surface area contributed by atoms with Crippen molar-refractivity contribution in [3.63, 3.8) is 0 Å². The minimum absolute atomic E-state index is 0.126. The van der Waals surface area contributed by atoms with Crippen molar-refractivity contribution in [2.45, 2.75) is 31.5 Å². The van der Waals surface area contributed by atoms with Gasteiger partial charge in [0.05, 0.1) is 12.2 Å². The van der Waals surface area contributed by atoms with Crippen LogP contribution >= 0.6 is 0 Å². The van der Waals surface area contributed by atoms with Crippen molar-refractivity contribution in [3.05, 3.63) is 0 Å². The molecule has 0 aliphatic carbocycles. The number of hydrogen-bond acceptors (Lipinski definition) is 4. The van der Waals surface area contributed by atoms with Crippen LogP contribution in [0.5, 0.6) is 0 Å². The van der Waals surface area contributed by atoms with Crippen LogP contribution in [0.25, 0.3) is 0 Å². The topological polar surface area (TPSA) is 102 Å². The molecule has 0 radical (unpaired) electrons. The van der Waals surface area contributed by atoms with Crippen LogP contribution in [0, 0.1) is 11.3 Å². The predicted octanol–water partition coefficient (Wildman–Crippen LogP) is -0.513. The predicted molar refractivity (Wildman–Crippen MR) is 39.1 cm³/mol. The van der Waals surface area contributed by atoms with Gasteiger partial charge in [0.2, 0.25) is 0 Å². The van der Waals surface area contributed by atoms with Gasteiger partial charge in [-0.1, -0.05) is 0 Å². The molecule has 68 valence electrons. The van der Waals surface area contributed by atoms with E-state index in [-0.39, 0.29) is 12.8 Å². The van der Waals surface area contributed by atoms with Gasteiger partial charge in [-0.05, 0) is 12.8 Å². The molecule has 0 heterocycles. The first-order chi connectivity index (χ1) is 5.59. The summed E-state index contributed by atoms with van der Waals surface area (Å²) in [6.45, 7) is 0. The SMILES string of the molecule is N#CCCC[C@@H](O)C(O)C(=O)O. The number of nitriles is 1. The number of carbonyl (C=O) groups is 1. The average Bonchev–Trinajstić information content (AvgIpc) is 2.03. The molecule has 0 bridgehead atoms. The van der Waals surface area contributed by atoms with E-state index in [1.807, 2.05) is 6.07 Å². The maximum Gasteiger partial charge on any atom is 0.335 e. The molecule has 12 heavy (non-hydrogen) atoms. The Bertz CT molecular complexity index is 186. The number of rotatable bonds is 5. The molecule has 0 aliphatic heterocycles. The Hall–Kier alpha value is -1.12. The Labute approximate surface area is 69.9 Å². The molecule has 3 N–H and O–H groups in total. The van der Waals surface area contributed by atoms with Crippen molar-refractivity contribution in [3.8, 4) is 6.07 Å². The normalized spacial score (nSPS) is 14.8. The molecule has 0 aromatic rings. The largest absolute Gasteiger partial charge is 0.479 e. The van der Waals surface area contributed by atoms with E-state index in [0.717, 1.165) is 0 Å². The van der Waals surface area contributed by atoms with Crippen LogP contribution in [-0.2, 0) is 4.79 Å². The van der Waals surface area contributed by atoms with Gasteiger partial charge in [0.25, 0.3) is 0 Å². The second-order valence-corrected chi connectivity index (χ2v) is 2.40. The molecule has 0 aromatic heterocycles. The van der Waals surface area contributed by atoms with Gasteiger partial charge in [-0.25, -0.2) is 4.79 Å². The number of hydrogen-bond donors (Lipinski definition) is 3. The summed E-state index contributed by atoms with van der Waals surface area (Å²) in [5, 5.41) is 34.1. The van der Waals surface area contributed by atoms with Crippen molar-refractivity contribution >= 4 is 5.97 Å². The Morgan fingerprint density at radius 2 is 2.08 bits per heavy atom. The first kappa shape index (κ1) is 10.9. The number of carboxylic acid groups (broad SMARTS) is 1. The highest BCUT2D eigenvalue weighted by Gasteiger charge is 2.22. The second-order valence-electron chi connectivity index (χ2n) is 2.40. The highest BCUT2D eigenvalue weighted by atomic mass is 16.4. The molecular weight excluding hydrogens is 162 g/mol. The zero-order chi connectivity index (χ0) is 9.56. The molecule has 0 spiro atoms. The summed E-state index contributed by atoms with van der Waals surface area (Å²) in [6.07, 6.45) is -2.26. The highest BCUT2D eigenvalue weighted by molar-refractivity contribution is 5.72. The number of aliphatic hydroxyl groups excluding tert-OH is 2.